The molecule has 3 rings (SSSR count). The smallest absolute Gasteiger partial charge is 0.306 e. The number of nitrogens with zero attached hydrogens (tertiary/aromatic N) is 2. The van der Waals surface area contributed by atoms with Crippen LogP contribution in [0, 0.1) is 19.8 Å². The molecule has 0 radical (unpaired) electrons. The van der Waals surface area contributed by atoms with Gasteiger partial charge in [-0.1, -0.05) is 25.0 Å². The van der Waals surface area contributed by atoms with Gasteiger partial charge >= 0.3 is 5.97 Å². The van der Waals surface area contributed by atoms with Crippen molar-refractivity contribution in [3.63, 3.8) is 0 Å². The molecule has 1 aliphatic carbocycles. The number of ether oxygens (including phenoxy) is 1. The summed E-state index contributed by atoms with van der Waals surface area (Å²) < 4.78 is 5.39. The number of carbonyl (C=O) groups is 2. The van der Waals surface area contributed by atoms with Crippen molar-refractivity contribution in [2.75, 3.05) is 4.90 Å². The summed E-state index contributed by atoms with van der Waals surface area (Å²) >= 11 is 1.38. The van der Waals surface area contributed by atoms with Crippen LogP contribution in [0.1, 0.15) is 55.8 Å². The SMILES string of the molecule is CC(=O)N(c1nc(COC(=O)CC2CCCC2)cs1)c1cccc(C)c1C. The average Bonchev–Trinajstić information content (AvgIpc) is 3.29. The zero-order valence-corrected chi connectivity index (χ0v) is 17.0. The van der Waals surface area contributed by atoms with Gasteiger partial charge in [0.1, 0.15) is 6.61 Å². The average molecular weight is 387 g/mol. The molecule has 1 heterocycles. The van der Waals surface area contributed by atoms with E-state index in [4.69, 9.17) is 4.74 Å². The lowest BCUT2D eigenvalue weighted by Crippen LogP contribution is -2.23. The van der Waals surface area contributed by atoms with Crippen molar-refractivity contribution in [2.24, 2.45) is 5.92 Å². The van der Waals surface area contributed by atoms with E-state index in [1.54, 1.807) is 4.90 Å². The summed E-state index contributed by atoms with van der Waals surface area (Å²) in [5.41, 5.74) is 3.68. The Morgan fingerprint density at radius 3 is 2.70 bits per heavy atom. The lowest BCUT2D eigenvalue weighted by Gasteiger charge is -2.21. The molecule has 5 nitrogen and oxygen atoms in total. The Morgan fingerprint density at radius 2 is 2.00 bits per heavy atom. The number of aryl methyl sites for hydroxylation is 1. The largest absolute Gasteiger partial charge is 0.459 e. The molecular formula is C21H26N2O3S. The third-order valence-electron chi connectivity index (χ3n) is 5.17. The number of esters is 1. The highest BCUT2D eigenvalue weighted by Crippen LogP contribution is 2.33. The number of carbonyl (C=O) groups excluding carboxylic acids is 2. The van der Waals surface area contributed by atoms with Gasteiger partial charge in [-0.15, -0.1) is 11.3 Å². The number of thiazole rings is 1. The van der Waals surface area contributed by atoms with Crippen LogP contribution in [0.5, 0.6) is 0 Å². The van der Waals surface area contributed by atoms with Crippen LogP contribution in [0.3, 0.4) is 0 Å². The summed E-state index contributed by atoms with van der Waals surface area (Å²) in [6.45, 7) is 5.71. The van der Waals surface area contributed by atoms with E-state index in [-0.39, 0.29) is 18.5 Å². The quantitative estimate of drug-likeness (QED) is 0.651. The van der Waals surface area contributed by atoms with Crippen LogP contribution in [0.4, 0.5) is 10.8 Å². The molecule has 0 unspecified atom stereocenters. The molecule has 0 spiro atoms. The van der Waals surface area contributed by atoms with Crippen molar-refractivity contribution in [2.45, 2.75) is 59.5 Å². The monoisotopic (exact) mass is 386 g/mol. The Labute approximate surface area is 164 Å². The van der Waals surface area contributed by atoms with E-state index in [0.29, 0.717) is 23.2 Å². The lowest BCUT2D eigenvalue weighted by atomic mass is 10.0. The van der Waals surface area contributed by atoms with Crippen LogP contribution < -0.4 is 4.90 Å². The van der Waals surface area contributed by atoms with Crippen molar-refractivity contribution >= 4 is 34.0 Å². The second-order valence-electron chi connectivity index (χ2n) is 7.21. The van der Waals surface area contributed by atoms with E-state index in [2.05, 4.69) is 4.98 Å². The third-order valence-corrected chi connectivity index (χ3v) is 6.05. The van der Waals surface area contributed by atoms with Crippen molar-refractivity contribution in [3.05, 3.63) is 40.4 Å². The van der Waals surface area contributed by atoms with Crippen molar-refractivity contribution in [3.8, 4) is 0 Å². The number of amides is 1. The molecule has 1 aromatic carbocycles. The van der Waals surface area contributed by atoms with Crippen molar-refractivity contribution in [1.29, 1.82) is 0 Å². The predicted octanol–water partition coefficient (Wildman–Crippen LogP) is 5.07. The molecule has 1 aromatic heterocycles. The van der Waals surface area contributed by atoms with E-state index in [0.717, 1.165) is 29.7 Å². The zero-order valence-electron chi connectivity index (χ0n) is 16.2. The second kappa shape index (κ2) is 8.65. The number of anilines is 2. The van der Waals surface area contributed by atoms with Crippen LogP contribution in [0.15, 0.2) is 23.6 Å². The molecule has 1 saturated carbocycles. The van der Waals surface area contributed by atoms with Gasteiger partial charge in [-0.05, 0) is 49.8 Å². The minimum atomic E-state index is -0.158. The minimum Gasteiger partial charge on any atom is -0.459 e. The zero-order chi connectivity index (χ0) is 19.4. The fraction of sp³-hybridized carbons (Fsp3) is 0.476. The van der Waals surface area contributed by atoms with Crippen LogP contribution in [-0.2, 0) is 20.9 Å². The van der Waals surface area contributed by atoms with E-state index in [1.807, 2.05) is 37.4 Å². The predicted molar refractivity (Wildman–Crippen MR) is 107 cm³/mol. The van der Waals surface area contributed by atoms with Crippen LogP contribution in [0.2, 0.25) is 0 Å². The molecule has 0 N–H and O–H groups in total. The van der Waals surface area contributed by atoms with Gasteiger partial charge in [0.25, 0.3) is 0 Å². The van der Waals surface area contributed by atoms with Crippen molar-refractivity contribution < 1.29 is 14.3 Å². The van der Waals surface area contributed by atoms with Gasteiger partial charge in [0.05, 0.1) is 11.4 Å². The van der Waals surface area contributed by atoms with Gasteiger partial charge in [0, 0.05) is 18.7 Å². The first-order chi connectivity index (χ1) is 13.0. The summed E-state index contributed by atoms with van der Waals surface area (Å²) in [5.74, 6) is 0.221. The Balaban J connectivity index is 1.68. The van der Waals surface area contributed by atoms with Gasteiger partial charge in [-0.25, -0.2) is 4.98 Å². The fourth-order valence-electron chi connectivity index (χ4n) is 3.51. The van der Waals surface area contributed by atoms with Crippen molar-refractivity contribution in [1.82, 2.24) is 4.98 Å². The molecule has 144 valence electrons. The molecule has 0 saturated heterocycles. The highest BCUT2D eigenvalue weighted by Gasteiger charge is 2.22. The number of hydrogen-bond acceptors (Lipinski definition) is 5. The number of benzene rings is 1. The Kier molecular flexibility index (Phi) is 6.26. The first-order valence-electron chi connectivity index (χ1n) is 9.42. The topological polar surface area (TPSA) is 59.5 Å². The molecule has 27 heavy (non-hydrogen) atoms. The third kappa shape index (κ3) is 4.75. The molecule has 1 amide bonds. The molecule has 6 heteroatoms. The van der Waals surface area contributed by atoms with Gasteiger partial charge in [0.15, 0.2) is 5.13 Å². The fourth-order valence-corrected chi connectivity index (χ4v) is 4.38. The Morgan fingerprint density at radius 1 is 1.26 bits per heavy atom. The highest BCUT2D eigenvalue weighted by molar-refractivity contribution is 7.14. The minimum absolute atomic E-state index is 0.0946. The maximum atomic E-state index is 12.3. The second-order valence-corrected chi connectivity index (χ2v) is 8.05. The summed E-state index contributed by atoms with van der Waals surface area (Å²) in [6, 6.07) is 5.88. The van der Waals surface area contributed by atoms with Crippen LogP contribution in [0.25, 0.3) is 0 Å². The summed E-state index contributed by atoms with van der Waals surface area (Å²) in [4.78, 5) is 30.4. The number of aromatic nitrogens is 1. The maximum absolute atomic E-state index is 12.3. The van der Waals surface area contributed by atoms with Gasteiger partial charge in [-0.3, -0.25) is 14.5 Å². The number of hydrogen-bond donors (Lipinski definition) is 0. The lowest BCUT2D eigenvalue weighted by molar-refractivity contribution is -0.146. The molecular weight excluding hydrogens is 360 g/mol. The van der Waals surface area contributed by atoms with Gasteiger partial charge in [0.2, 0.25) is 5.91 Å². The molecule has 1 aliphatic rings. The first kappa shape index (κ1) is 19.5. The van der Waals surface area contributed by atoms with E-state index in [1.165, 1.54) is 31.1 Å². The van der Waals surface area contributed by atoms with Crippen LogP contribution >= 0.6 is 11.3 Å². The molecule has 1 fully saturated rings. The van der Waals surface area contributed by atoms with Gasteiger partial charge in [-0.2, -0.15) is 0 Å². The van der Waals surface area contributed by atoms with E-state index in [9.17, 15) is 9.59 Å². The molecule has 0 atom stereocenters. The standard InChI is InChI=1S/C21H26N2O3S/c1-14-7-6-10-19(15(14)2)23(16(3)24)21-22-18(13-27-21)12-26-20(25)11-17-8-4-5-9-17/h6-7,10,13,17H,4-5,8-9,11-12H2,1-3H3. The molecule has 0 aliphatic heterocycles. The van der Waals surface area contributed by atoms with E-state index < -0.39 is 0 Å². The summed E-state index contributed by atoms with van der Waals surface area (Å²) in [7, 11) is 0. The highest BCUT2D eigenvalue weighted by atomic mass is 32.1. The molecule has 2 aromatic rings. The van der Waals surface area contributed by atoms with Gasteiger partial charge < -0.3 is 4.74 Å². The number of rotatable bonds is 6. The Bertz CT molecular complexity index is 825. The summed E-state index contributed by atoms with van der Waals surface area (Å²) in [5, 5.41) is 2.44. The maximum Gasteiger partial charge on any atom is 0.306 e. The Hall–Kier alpha value is -2.21. The normalized spacial score (nSPS) is 14.3. The van der Waals surface area contributed by atoms with E-state index >= 15 is 0 Å². The van der Waals surface area contributed by atoms with Crippen LogP contribution in [-0.4, -0.2) is 16.9 Å². The summed E-state index contributed by atoms with van der Waals surface area (Å²) in [6.07, 6.45) is 5.18. The molecule has 0 bridgehead atoms. The first-order valence-corrected chi connectivity index (χ1v) is 10.3.